The largest absolute Gasteiger partial charge is 0.504 e. The third kappa shape index (κ3) is 4.50. The van der Waals surface area contributed by atoms with E-state index >= 15 is 0 Å². The molecule has 1 aliphatic heterocycles. The highest BCUT2D eigenvalue weighted by Crippen LogP contribution is 2.41. The number of allylic oxidation sites excluding steroid dienone is 1. The number of phenols is 1. The van der Waals surface area contributed by atoms with E-state index in [-0.39, 0.29) is 17.1 Å². The third-order valence-electron chi connectivity index (χ3n) is 6.23. The fraction of sp³-hybridized carbons (Fsp3) is 0.296. The number of hydrogen-bond acceptors (Lipinski definition) is 5. The summed E-state index contributed by atoms with van der Waals surface area (Å²) < 4.78 is 5.40. The van der Waals surface area contributed by atoms with Crippen LogP contribution >= 0.6 is 11.3 Å². The van der Waals surface area contributed by atoms with Gasteiger partial charge in [-0.3, -0.25) is 9.69 Å². The molecule has 1 saturated carbocycles. The summed E-state index contributed by atoms with van der Waals surface area (Å²) in [6.45, 7) is 3.34. The first kappa shape index (κ1) is 21.0. The Hall–Kier alpha value is -2.89. The van der Waals surface area contributed by atoms with Crippen LogP contribution < -0.4 is 4.74 Å². The first-order chi connectivity index (χ1) is 15.6. The van der Waals surface area contributed by atoms with E-state index in [1.165, 1.54) is 43.0 Å². The van der Waals surface area contributed by atoms with Gasteiger partial charge in [-0.15, -0.1) is 11.3 Å². The van der Waals surface area contributed by atoms with Gasteiger partial charge in [-0.05, 0) is 66.1 Å². The van der Waals surface area contributed by atoms with E-state index in [4.69, 9.17) is 4.74 Å². The fourth-order valence-electron chi connectivity index (χ4n) is 4.27. The summed E-state index contributed by atoms with van der Waals surface area (Å²) in [6, 6.07) is 15.5. The van der Waals surface area contributed by atoms with Gasteiger partial charge in [0.1, 0.15) is 0 Å². The summed E-state index contributed by atoms with van der Waals surface area (Å²) >= 11 is 1.79. The van der Waals surface area contributed by atoms with E-state index in [1.54, 1.807) is 23.5 Å². The number of benzene rings is 2. The Morgan fingerprint density at radius 3 is 2.78 bits per heavy atom. The number of ether oxygens (including phenoxy) is 1. The van der Waals surface area contributed by atoms with Crippen LogP contribution in [0.15, 0.2) is 54.6 Å². The van der Waals surface area contributed by atoms with Crippen molar-refractivity contribution in [3.63, 3.8) is 0 Å². The molecular formula is C27H27NO3S. The average molecular weight is 446 g/mol. The molecule has 5 heteroatoms. The highest BCUT2D eigenvalue weighted by Gasteiger charge is 2.27. The molecule has 32 heavy (non-hydrogen) atoms. The van der Waals surface area contributed by atoms with Gasteiger partial charge in [0.25, 0.3) is 0 Å². The highest BCUT2D eigenvalue weighted by atomic mass is 32.1. The molecule has 0 saturated heterocycles. The van der Waals surface area contributed by atoms with Crippen molar-refractivity contribution in [3.05, 3.63) is 76.2 Å². The van der Waals surface area contributed by atoms with E-state index in [1.807, 2.05) is 36.4 Å². The first-order valence-electron chi connectivity index (χ1n) is 11.1. The molecule has 0 bridgehead atoms. The summed E-state index contributed by atoms with van der Waals surface area (Å²) in [7, 11) is 1.52. The summed E-state index contributed by atoms with van der Waals surface area (Å²) in [5, 5.41) is 10.6. The van der Waals surface area contributed by atoms with Crippen molar-refractivity contribution < 1.29 is 14.6 Å². The quantitative estimate of drug-likeness (QED) is 0.369. The minimum Gasteiger partial charge on any atom is -0.504 e. The molecule has 2 aliphatic rings. The van der Waals surface area contributed by atoms with Crippen molar-refractivity contribution in [2.24, 2.45) is 5.92 Å². The molecule has 164 valence electrons. The number of thiophene rings is 1. The van der Waals surface area contributed by atoms with Crippen molar-refractivity contribution in [2.45, 2.75) is 25.8 Å². The maximum atomic E-state index is 12.9. The molecular weight excluding hydrogens is 418 g/mol. The topological polar surface area (TPSA) is 49.8 Å². The van der Waals surface area contributed by atoms with Crippen molar-refractivity contribution in [2.75, 3.05) is 20.2 Å². The monoisotopic (exact) mass is 445 g/mol. The summed E-state index contributed by atoms with van der Waals surface area (Å²) in [4.78, 5) is 18.0. The molecule has 1 N–H and O–H groups in total. The normalized spacial score (nSPS) is 16.3. The third-order valence-corrected chi connectivity index (χ3v) is 7.52. The molecule has 4 nitrogen and oxygen atoms in total. The number of methoxy groups -OCH3 is 1. The van der Waals surface area contributed by atoms with Crippen molar-refractivity contribution in [3.8, 4) is 21.9 Å². The molecule has 1 fully saturated rings. The maximum Gasteiger partial charge on any atom is 0.189 e. The summed E-state index contributed by atoms with van der Waals surface area (Å²) in [5.74, 6) is 0.855. The number of carbonyl (C=O) groups excluding carboxylic acids is 1. The van der Waals surface area contributed by atoms with Gasteiger partial charge in [0, 0.05) is 29.4 Å². The second-order valence-electron chi connectivity index (χ2n) is 8.67. The van der Waals surface area contributed by atoms with Crippen LogP contribution in [0.5, 0.6) is 11.5 Å². The number of ketones is 1. The van der Waals surface area contributed by atoms with Crippen LogP contribution in [-0.2, 0) is 13.0 Å². The van der Waals surface area contributed by atoms with Crippen LogP contribution in [0.4, 0.5) is 0 Å². The number of carbonyl (C=O) groups is 1. The predicted octanol–water partition coefficient (Wildman–Crippen LogP) is 5.79. The van der Waals surface area contributed by atoms with E-state index in [2.05, 4.69) is 11.0 Å². The zero-order valence-corrected chi connectivity index (χ0v) is 19.0. The second-order valence-corrected chi connectivity index (χ2v) is 9.81. The number of fused-ring (bicyclic) bond motifs is 1. The Balaban J connectivity index is 1.43. The van der Waals surface area contributed by atoms with Crippen molar-refractivity contribution in [1.82, 2.24) is 4.90 Å². The minimum atomic E-state index is -0.247. The lowest BCUT2D eigenvalue weighted by Gasteiger charge is -2.26. The maximum absolute atomic E-state index is 12.9. The van der Waals surface area contributed by atoms with E-state index in [9.17, 15) is 9.90 Å². The predicted molar refractivity (Wildman–Crippen MR) is 129 cm³/mol. The molecule has 0 amide bonds. The molecule has 1 aromatic heterocycles. The SMILES string of the molecule is COc1cc(-c2cc3c(s2)CCN(CC2CC2)C3)cc(C(=O)/C=C/c2ccccc2)c1O. The van der Waals surface area contributed by atoms with Gasteiger partial charge in [0.05, 0.1) is 12.7 Å². The lowest BCUT2D eigenvalue weighted by Crippen LogP contribution is -2.31. The standard InChI is InChI=1S/C27H27NO3S/c1-31-24-14-20(13-22(27(24)30)23(29)10-9-18-5-3-2-4-6-18)26-15-21-17-28(16-19-7-8-19)12-11-25(21)32-26/h2-6,9-10,13-15,19,30H,7-8,11-12,16-17H2,1H3/b10-9+. The molecule has 2 aromatic carbocycles. The smallest absolute Gasteiger partial charge is 0.189 e. The minimum absolute atomic E-state index is 0.115. The molecule has 2 heterocycles. The Morgan fingerprint density at radius 1 is 1.22 bits per heavy atom. The number of rotatable bonds is 7. The highest BCUT2D eigenvalue weighted by molar-refractivity contribution is 7.15. The van der Waals surface area contributed by atoms with Gasteiger partial charge >= 0.3 is 0 Å². The van der Waals surface area contributed by atoms with E-state index in [0.717, 1.165) is 41.4 Å². The van der Waals surface area contributed by atoms with Gasteiger partial charge in [-0.2, -0.15) is 0 Å². The van der Waals surface area contributed by atoms with Gasteiger partial charge in [0.2, 0.25) is 0 Å². The van der Waals surface area contributed by atoms with Gasteiger partial charge in [0.15, 0.2) is 17.3 Å². The van der Waals surface area contributed by atoms with E-state index in [0.29, 0.717) is 5.75 Å². The first-order valence-corrected chi connectivity index (χ1v) is 11.9. The molecule has 0 unspecified atom stereocenters. The van der Waals surface area contributed by atoms with Crippen LogP contribution in [0.25, 0.3) is 16.5 Å². The second kappa shape index (κ2) is 8.93. The summed E-state index contributed by atoms with van der Waals surface area (Å²) in [6.07, 6.45) is 7.09. The Kier molecular flexibility index (Phi) is 5.85. The molecule has 3 aromatic rings. The zero-order chi connectivity index (χ0) is 22.1. The number of phenolic OH excluding ortho intramolecular Hbond substituents is 1. The lowest BCUT2D eigenvalue weighted by molar-refractivity contribution is 0.104. The lowest BCUT2D eigenvalue weighted by atomic mass is 10.0. The zero-order valence-electron chi connectivity index (χ0n) is 18.2. The molecule has 0 spiro atoms. The van der Waals surface area contributed by atoms with Crippen molar-refractivity contribution in [1.29, 1.82) is 0 Å². The van der Waals surface area contributed by atoms with Crippen LogP contribution in [0, 0.1) is 5.92 Å². The van der Waals surface area contributed by atoms with Gasteiger partial charge in [-0.25, -0.2) is 0 Å². The molecule has 1 aliphatic carbocycles. The van der Waals surface area contributed by atoms with Crippen molar-refractivity contribution >= 4 is 23.2 Å². The van der Waals surface area contributed by atoms with Crippen LogP contribution in [0.3, 0.4) is 0 Å². The van der Waals surface area contributed by atoms with Crippen LogP contribution in [0.2, 0.25) is 0 Å². The average Bonchev–Trinajstić information content (AvgIpc) is 3.53. The Labute approximate surface area is 192 Å². The molecule has 5 rings (SSSR count). The fourth-order valence-corrected chi connectivity index (χ4v) is 5.42. The van der Waals surface area contributed by atoms with Crippen LogP contribution in [-0.4, -0.2) is 36.0 Å². The number of hydrogen-bond donors (Lipinski definition) is 1. The van der Waals surface area contributed by atoms with Gasteiger partial charge in [-0.1, -0.05) is 36.4 Å². The number of nitrogens with zero attached hydrogens (tertiary/aromatic N) is 1. The molecule has 0 radical (unpaired) electrons. The van der Waals surface area contributed by atoms with Crippen LogP contribution in [0.1, 0.15) is 39.2 Å². The number of aromatic hydroxyl groups is 1. The summed E-state index contributed by atoms with van der Waals surface area (Å²) in [5.41, 5.74) is 3.49. The molecule has 0 atom stereocenters. The Bertz CT molecular complexity index is 1160. The van der Waals surface area contributed by atoms with Gasteiger partial charge < -0.3 is 9.84 Å². The van der Waals surface area contributed by atoms with E-state index < -0.39 is 0 Å². The Morgan fingerprint density at radius 2 is 2.03 bits per heavy atom.